The highest BCUT2D eigenvalue weighted by molar-refractivity contribution is 5.76. The Balaban J connectivity index is 2.17. The number of imidazole rings is 2. The molecule has 3 heterocycles. The molecule has 0 amide bonds. The van der Waals surface area contributed by atoms with Crippen molar-refractivity contribution in [2.45, 2.75) is 0 Å². The lowest BCUT2D eigenvalue weighted by Gasteiger charge is -1.95. The quantitative estimate of drug-likeness (QED) is 0.695. The van der Waals surface area contributed by atoms with E-state index in [4.69, 9.17) is 0 Å². The molecular weight excluding hydrogens is 216 g/mol. The number of fused-ring (bicyclic) bond motifs is 1. The standard InChI is InChI=1S/C11H12N6/c1-12-9-4-3-7-10(15-9)16-11(14-7)8-5-13-6-17(8)2/h3-6H,1-2H3,(H2,12,14,15,16). The van der Waals surface area contributed by atoms with E-state index >= 15 is 0 Å². The van der Waals surface area contributed by atoms with Crippen LogP contribution in [0.1, 0.15) is 0 Å². The van der Waals surface area contributed by atoms with Gasteiger partial charge in [0, 0.05) is 14.1 Å². The van der Waals surface area contributed by atoms with Gasteiger partial charge in [-0.05, 0) is 12.1 Å². The molecule has 2 N–H and O–H groups in total. The van der Waals surface area contributed by atoms with Crippen molar-refractivity contribution in [3.63, 3.8) is 0 Å². The van der Waals surface area contributed by atoms with Gasteiger partial charge in [-0.1, -0.05) is 0 Å². The largest absolute Gasteiger partial charge is 0.373 e. The number of hydrogen-bond acceptors (Lipinski definition) is 4. The highest BCUT2D eigenvalue weighted by Crippen LogP contribution is 2.19. The first-order valence-electron chi connectivity index (χ1n) is 5.29. The summed E-state index contributed by atoms with van der Waals surface area (Å²) in [6, 6.07) is 3.87. The summed E-state index contributed by atoms with van der Waals surface area (Å²) < 4.78 is 1.91. The molecule has 0 atom stereocenters. The Morgan fingerprint density at radius 2 is 2.18 bits per heavy atom. The first-order valence-corrected chi connectivity index (χ1v) is 5.29. The van der Waals surface area contributed by atoms with Crippen LogP contribution in [0, 0.1) is 0 Å². The topological polar surface area (TPSA) is 71.4 Å². The van der Waals surface area contributed by atoms with Crippen molar-refractivity contribution < 1.29 is 0 Å². The molecule has 0 radical (unpaired) electrons. The molecule has 6 nitrogen and oxygen atoms in total. The van der Waals surface area contributed by atoms with Gasteiger partial charge in [0.15, 0.2) is 11.5 Å². The normalized spacial score (nSPS) is 10.9. The zero-order chi connectivity index (χ0) is 11.8. The number of aromatic amines is 1. The zero-order valence-electron chi connectivity index (χ0n) is 9.60. The SMILES string of the molecule is CNc1ccc2[nH]c(-c3cncn3C)nc2n1. The van der Waals surface area contributed by atoms with Gasteiger partial charge >= 0.3 is 0 Å². The molecule has 0 aromatic carbocycles. The van der Waals surface area contributed by atoms with Crippen molar-refractivity contribution in [2.75, 3.05) is 12.4 Å². The van der Waals surface area contributed by atoms with Crippen molar-refractivity contribution in [3.05, 3.63) is 24.7 Å². The Morgan fingerprint density at radius 3 is 2.88 bits per heavy atom. The van der Waals surface area contributed by atoms with Crippen LogP contribution in [0.2, 0.25) is 0 Å². The van der Waals surface area contributed by atoms with E-state index in [9.17, 15) is 0 Å². The molecule has 86 valence electrons. The third kappa shape index (κ3) is 1.54. The second kappa shape index (κ2) is 3.58. The molecule has 6 heteroatoms. The first kappa shape index (κ1) is 9.83. The molecule has 17 heavy (non-hydrogen) atoms. The molecule has 0 saturated carbocycles. The van der Waals surface area contributed by atoms with Crippen LogP contribution in [0.5, 0.6) is 0 Å². The van der Waals surface area contributed by atoms with E-state index in [1.807, 2.05) is 30.8 Å². The van der Waals surface area contributed by atoms with Gasteiger partial charge in [0.2, 0.25) is 0 Å². The molecule has 3 rings (SSSR count). The van der Waals surface area contributed by atoms with Gasteiger partial charge in [-0.25, -0.2) is 15.0 Å². The number of nitrogens with zero attached hydrogens (tertiary/aromatic N) is 4. The zero-order valence-corrected chi connectivity index (χ0v) is 9.60. The third-order valence-electron chi connectivity index (χ3n) is 2.66. The molecule has 0 unspecified atom stereocenters. The van der Waals surface area contributed by atoms with Crippen molar-refractivity contribution in [1.82, 2.24) is 24.5 Å². The van der Waals surface area contributed by atoms with Crippen LogP contribution in [0.15, 0.2) is 24.7 Å². The third-order valence-corrected chi connectivity index (χ3v) is 2.66. The van der Waals surface area contributed by atoms with Gasteiger partial charge in [-0.3, -0.25) is 0 Å². The minimum atomic E-state index is 0.702. The maximum absolute atomic E-state index is 4.46. The highest BCUT2D eigenvalue weighted by atomic mass is 15.1. The Kier molecular flexibility index (Phi) is 2.07. The molecular formula is C11H12N6. The Bertz CT molecular complexity index is 665. The highest BCUT2D eigenvalue weighted by Gasteiger charge is 2.09. The van der Waals surface area contributed by atoms with E-state index in [1.165, 1.54) is 0 Å². The Labute approximate surface area is 97.7 Å². The number of rotatable bonds is 2. The summed E-state index contributed by atoms with van der Waals surface area (Å²) in [5.74, 6) is 1.58. The van der Waals surface area contributed by atoms with Gasteiger partial charge in [-0.2, -0.15) is 0 Å². The van der Waals surface area contributed by atoms with Gasteiger partial charge < -0.3 is 14.9 Å². The summed E-state index contributed by atoms with van der Waals surface area (Å²) in [6.45, 7) is 0. The van der Waals surface area contributed by atoms with E-state index < -0.39 is 0 Å². The molecule has 0 aliphatic rings. The fourth-order valence-corrected chi connectivity index (χ4v) is 1.74. The molecule has 0 aliphatic heterocycles. The maximum atomic E-state index is 4.46. The van der Waals surface area contributed by atoms with Gasteiger partial charge in [0.05, 0.1) is 18.0 Å². The fourth-order valence-electron chi connectivity index (χ4n) is 1.74. The van der Waals surface area contributed by atoms with Crippen LogP contribution < -0.4 is 5.32 Å². The summed E-state index contributed by atoms with van der Waals surface area (Å²) >= 11 is 0. The number of H-pyrrole nitrogens is 1. The molecule has 0 bridgehead atoms. The first-order chi connectivity index (χ1) is 8.28. The smallest absolute Gasteiger partial charge is 0.180 e. The molecule has 0 spiro atoms. The predicted molar refractivity (Wildman–Crippen MR) is 65.6 cm³/mol. The number of aromatic nitrogens is 5. The molecule has 3 aromatic rings. The summed E-state index contributed by atoms with van der Waals surface area (Å²) in [7, 11) is 3.77. The average molecular weight is 228 g/mol. The lowest BCUT2D eigenvalue weighted by molar-refractivity contribution is 0.913. The Morgan fingerprint density at radius 1 is 1.29 bits per heavy atom. The fraction of sp³-hybridized carbons (Fsp3) is 0.182. The lowest BCUT2D eigenvalue weighted by atomic mass is 10.4. The Hall–Kier alpha value is -2.37. The van der Waals surface area contributed by atoms with Crippen LogP contribution in [0.3, 0.4) is 0 Å². The van der Waals surface area contributed by atoms with Crippen molar-refractivity contribution >= 4 is 17.0 Å². The van der Waals surface area contributed by atoms with E-state index in [0.717, 1.165) is 22.9 Å². The van der Waals surface area contributed by atoms with Crippen LogP contribution in [0.4, 0.5) is 5.82 Å². The number of pyridine rings is 1. The van der Waals surface area contributed by atoms with Crippen LogP contribution in [0.25, 0.3) is 22.7 Å². The second-order valence-corrected chi connectivity index (χ2v) is 3.79. The van der Waals surface area contributed by atoms with Crippen LogP contribution >= 0.6 is 0 Å². The number of hydrogen-bond donors (Lipinski definition) is 2. The summed E-state index contributed by atoms with van der Waals surface area (Å²) in [4.78, 5) is 16.1. The van der Waals surface area contributed by atoms with Crippen LogP contribution in [-0.4, -0.2) is 31.6 Å². The summed E-state index contributed by atoms with van der Waals surface area (Å²) in [5, 5.41) is 2.99. The average Bonchev–Trinajstić information content (AvgIpc) is 2.93. The van der Waals surface area contributed by atoms with Crippen LogP contribution in [-0.2, 0) is 7.05 Å². The maximum Gasteiger partial charge on any atom is 0.180 e. The van der Waals surface area contributed by atoms with Crippen molar-refractivity contribution in [1.29, 1.82) is 0 Å². The number of aryl methyl sites for hydroxylation is 1. The van der Waals surface area contributed by atoms with E-state index in [1.54, 1.807) is 12.5 Å². The van der Waals surface area contributed by atoms with Crippen molar-refractivity contribution in [3.8, 4) is 11.5 Å². The molecule has 0 fully saturated rings. The van der Waals surface area contributed by atoms with Gasteiger partial charge in [0.1, 0.15) is 11.5 Å². The van der Waals surface area contributed by atoms with Crippen molar-refractivity contribution in [2.24, 2.45) is 7.05 Å². The summed E-state index contributed by atoms with van der Waals surface area (Å²) in [6.07, 6.45) is 3.52. The summed E-state index contributed by atoms with van der Waals surface area (Å²) in [5.41, 5.74) is 2.56. The van der Waals surface area contributed by atoms with Gasteiger partial charge in [0.25, 0.3) is 0 Å². The predicted octanol–water partition coefficient (Wildman–Crippen LogP) is 1.40. The van der Waals surface area contributed by atoms with E-state index in [0.29, 0.717) is 5.65 Å². The molecule has 0 saturated heterocycles. The van der Waals surface area contributed by atoms with Gasteiger partial charge in [-0.15, -0.1) is 0 Å². The number of nitrogens with one attached hydrogen (secondary N) is 2. The minimum absolute atomic E-state index is 0.702. The second-order valence-electron chi connectivity index (χ2n) is 3.79. The lowest BCUT2D eigenvalue weighted by Crippen LogP contribution is -1.91. The van der Waals surface area contributed by atoms with E-state index in [-0.39, 0.29) is 0 Å². The monoisotopic (exact) mass is 228 g/mol. The van der Waals surface area contributed by atoms with E-state index in [2.05, 4.69) is 25.3 Å². The molecule has 3 aromatic heterocycles. The minimum Gasteiger partial charge on any atom is -0.373 e. The molecule has 0 aliphatic carbocycles. The number of anilines is 1.